The predicted molar refractivity (Wildman–Crippen MR) is 76.9 cm³/mol. The molecule has 0 atom stereocenters. The normalized spacial score (nSPS) is 10.8. The van der Waals surface area contributed by atoms with Crippen LogP contribution in [0.4, 0.5) is 11.6 Å². The first-order chi connectivity index (χ1) is 8.91. The van der Waals surface area contributed by atoms with Gasteiger partial charge in [0.15, 0.2) is 0 Å². The number of nitrogen functional groups attached to an aromatic ring is 1. The number of hydrogen-bond donors (Lipinski definition) is 3. The Morgan fingerprint density at radius 3 is 2.58 bits per heavy atom. The number of amides is 1. The molecule has 0 saturated carbocycles. The lowest BCUT2D eigenvalue weighted by molar-refractivity contribution is -0.119. The van der Waals surface area contributed by atoms with Crippen LogP contribution in [-0.4, -0.2) is 29.0 Å². The van der Waals surface area contributed by atoms with Crippen molar-refractivity contribution in [1.29, 1.82) is 0 Å². The van der Waals surface area contributed by atoms with Gasteiger partial charge in [-0.15, -0.1) is 0 Å². The van der Waals surface area contributed by atoms with Crippen LogP contribution in [0.1, 0.15) is 39.2 Å². The number of carbonyl (C=O) groups is 1. The van der Waals surface area contributed by atoms with Gasteiger partial charge in [0.1, 0.15) is 18.0 Å². The molecule has 4 N–H and O–H groups in total. The Labute approximate surface area is 114 Å². The third-order valence-electron chi connectivity index (χ3n) is 2.62. The van der Waals surface area contributed by atoms with Gasteiger partial charge in [0.25, 0.3) is 0 Å². The molecule has 106 valence electrons. The molecule has 0 aromatic carbocycles. The Morgan fingerprint density at radius 1 is 1.32 bits per heavy atom. The number of nitrogens with one attached hydrogen (secondary N) is 2. The zero-order valence-electron chi connectivity index (χ0n) is 12.0. The second-order valence-corrected chi connectivity index (χ2v) is 5.23. The van der Waals surface area contributed by atoms with E-state index in [-0.39, 0.29) is 18.4 Å². The summed E-state index contributed by atoms with van der Waals surface area (Å²) in [5.41, 5.74) is 6.68. The van der Waals surface area contributed by atoms with Crippen molar-refractivity contribution < 1.29 is 4.79 Å². The smallest absolute Gasteiger partial charge is 0.239 e. The molecule has 0 radical (unpaired) electrons. The maximum absolute atomic E-state index is 11.6. The van der Waals surface area contributed by atoms with E-state index in [2.05, 4.69) is 34.4 Å². The third kappa shape index (κ3) is 4.73. The Hall–Kier alpha value is -1.85. The lowest BCUT2D eigenvalue weighted by Crippen LogP contribution is -2.33. The molecule has 0 bridgehead atoms. The zero-order chi connectivity index (χ0) is 14.4. The number of hydrogen-bond acceptors (Lipinski definition) is 5. The van der Waals surface area contributed by atoms with Gasteiger partial charge < -0.3 is 16.4 Å². The molecule has 0 aliphatic heterocycles. The monoisotopic (exact) mass is 265 g/mol. The quantitative estimate of drug-likeness (QED) is 0.722. The number of rotatable bonds is 6. The largest absolute Gasteiger partial charge is 0.383 e. The van der Waals surface area contributed by atoms with Crippen LogP contribution >= 0.6 is 0 Å². The highest BCUT2D eigenvalue weighted by Crippen LogP contribution is 2.25. The van der Waals surface area contributed by atoms with Crippen molar-refractivity contribution in [1.82, 2.24) is 15.3 Å². The first-order valence-corrected chi connectivity index (χ1v) is 6.52. The average Bonchev–Trinajstić information content (AvgIpc) is 2.33. The predicted octanol–water partition coefficient (Wildman–Crippen LogP) is 1.37. The molecule has 19 heavy (non-hydrogen) atoms. The molecular weight excluding hydrogens is 242 g/mol. The Kier molecular flexibility index (Phi) is 5.54. The minimum Gasteiger partial charge on any atom is -0.383 e. The van der Waals surface area contributed by atoms with Gasteiger partial charge in [-0.25, -0.2) is 9.97 Å². The fourth-order valence-electron chi connectivity index (χ4n) is 1.66. The number of nitrogens with two attached hydrogens (primary N) is 1. The maximum Gasteiger partial charge on any atom is 0.239 e. The standard InChI is InChI=1S/C13H23N5O/c1-8(2)5-15-10(19)6-16-13-11(9(3)4)12(14)17-7-18-13/h7-9H,5-6H2,1-4H3,(H,15,19)(H3,14,16,17,18). The number of aromatic nitrogens is 2. The van der Waals surface area contributed by atoms with Gasteiger partial charge in [-0.1, -0.05) is 27.7 Å². The van der Waals surface area contributed by atoms with Gasteiger partial charge in [0.2, 0.25) is 5.91 Å². The summed E-state index contributed by atoms with van der Waals surface area (Å²) in [6.07, 6.45) is 1.40. The van der Waals surface area contributed by atoms with Crippen molar-refractivity contribution in [3.05, 3.63) is 11.9 Å². The van der Waals surface area contributed by atoms with Gasteiger partial charge in [-0.2, -0.15) is 0 Å². The minimum atomic E-state index is -0.0550. The van der Waals surface area contributed by atoms with Crippen LogP contribution in [0.5, 0.6) is 0 Å². The van der Waals surface area contributed by atoms with Crippen molar-refractivity contribution in [2.45, 2.75) is 33.6 Å². The molecule has 1 aromatic heterocycles. The molecule has 0 unspecified atom stereocenters. The van der Waals surface area contributed by atoms with Crippen LogP contribution < -0.4 is 16.4 Å². The number of nitrogens with zero attached hydrogens (tertiary/aromatic N) is 2. The summed E-state index contributed by atoms with van der Waals surface area (Å²) < 4.78 is 0. The molecule has 1 amide bonds. The molecule has 1 rings (SSSR count). The Bertz CT molecular complexity index is 431. The molecule has 0 spiro atoms. The average molecular weight is 265 g/mol. The molecule has 0 saturated heterocycles. The molecule has 6 heteroatoms. The van der Waals surface area contributed by atoms with Crippen LogP contribution in [-0.2, 0) is 4.79 Å². The summed E-state index contributed by atoms with van der Waals surface area (Å²) in [5, 5.41) is 5.86. The Balaban J connectivity index is 2.63. The Morgan fingerprint density at radius 2 is 2.00 bits per heavy atom. The lowest BCUT2D eigenvalue weighted by Gasteiger charge is -2.15. The number of carbonyl (C=O) groups excluding carboxylic acids is 1. The fourth-order valence-corrected chi connectivity index (χ4v) is 1.66. The van der Waals surface area contributed by atoms with E-state index in [1.165, 1.54) is 6.33 Å². The third-order valence-corrected chi connectivity index (χ3v) is 2.62. The molecule has 6 nitrogen and oxygen atoms in total. The van der Waals surface area contributed by atoms with Gasteiger partial charge >= 0.3 is 0 Å². The lowest BCUT2D eigenvalue weighted by atomic mass is 10.0. The van der Waals surface area contributed by atoms with Crippen LogP contribution in [0.15, 0.2) is 6.33 Å². The zero-order valence-corrected chi connectivity index (χ0v) is 12.0. The van der Waals surface area contributed by atoms with E-state index in [0.29, 0.717) is 24.1 Å². The second kappa shape index (κ2) is 6.92. The van der Waals surface area contributed by atoms with Crippen molar-refractivity contribution in [3.8, 4) is 0 Å². The summed E-state index contributed by atoms with van der Waals surface area (Å²) in [4.78, 5) is 19.8. The second-order valence-electron chi connectivity index (χ2n) is 5.23. The van der Waals surface area contributed by atoms with E-state index in [1.807, 2.05) is 13.8 Å². The van der Waals surface area contributed by atoms with E-state index >= 15 is 0 Å². The molecule has 1 aromatic rings. The van der Waals surface area contributed by atoms with Crippen molar-refractivity contribution >= 4 is 17.5 Å². The summed E-state index contributed by atoms with van der Waals surface area (Å²) in [5.74, 6) is 1.66. The molecule has 0 aliphatic rings. The molecule has 0 fully saturated rings. The van der Waals surface area contributed by atoms with Crippen molar-refractivity contribution in [2.24, 2.45) is 5.92 Å². The first kappa shape index (κ1) is 15.2. The SMILES string of the molecule is CC(C)CNC(=O)CNc1ncnc(N)c1C(C)C. The summed E-state index contributed by atoms with van der Waals surface area (Å²) in [6, 6.07) is 0. The van der Waals surface area contributed by atoms with E-state index in [0.717, 1.165) is 5.56 Å². The molecule has 0 aliphatic carbocycles. The van der Waals surface area contributed by atoms with Crippen LogP contribution in [0, 0.1) is 5.92 Å². The van der Waals surface area contributed by atoms with Gasteiger partial charge in [0.05, 0.1) is 6.54 Å². The van der Waals surface area contributed by atoms with Gasteiger partial charge in [-0.3, -0.25) is 4.79 Å². The number of anilines is 2. The first-order valence-electron chi connectivity index (χ1n) is 6.52. The summed E-state index contributed by atoms with van der Waals surface area (Å²) in [6.45, 7) is 8.98. The van der Waals surface area contributed by atoms with Crippen LogP contribution in [0.2, 0.25) is 0 Å². The highest BCUT2D eigenvalue weighted by atomic mass is 16.1. The van der Waals surface area contributed by atoms with Crippen LogP contribution in [0.25, 0.3) is 0 Å². The molecule has 1 heterocycles. The highest BCUT2D eigenvalue weighted by Gasteiger charge is 2.13. The van der Waals surface area contributed by atoms with Gasteiger partial charge in [0, 0.05) is 12.1 Å². The van der Waals surface area contributed by atoms with Crippen molar-refractivity contribution in [2.75, 3.05) is 24.1 Å². The maximum atomic E-state index is 11.6. The highest BCUT2D eigenvalue weighted by molar-refractivity contribution is 5.80. The van der Waals surface area contributed by atoms with E-state index in [4.69, 9.17) is 5.73 Å². The van der Waals surface area contributed by atoms with E-state index in [9.17, 15) is 4.79 Å². The van der Waals surface area contributed by atoms with E-state index < -0.39 is 0 Å². The summed E-state index contributed by atoms with van der Waals surface area (Å²) >= 11 is 0. The molecular formula is C13H23N5O. The van der Waals surface area contributed by atoms with Crippen LogP contribution in [0.3, 0.4) is 0 Å². The van der Waals surface area contributed by atoms with E-state index in [1.54, 1.807) is 0 Å². The topological polar surface area (TPSA) is 92.9 Å². The summed E-state index contributed by atoms with van der Waals surface area (Å²) in [7, 11) is 0. The van der Waals surface area contributed by atoms with Crippen molar-refractivity contribution in [3.63, 3.8) is 0 Å². The fraction of sp³-hybridized carbons (Fsp3) is 0.615. The minimum absolute atomic E-state index is 0.0550. The van der Waals surface area contributed by atoms with Gasteiger partial charge in [-0.05, 0) is 11.8 Å².